The number of aromatic hydroxyl groups is 1. The van der Waals surface area contributed by atoms with E-state index in [1.165, 1.54) is 17.7 Å². The van der Waals surface area contributed by atoms with Crippen LogP contribution in [0.3, 0.4) is 0 Å². The van der Waals surface area contributed by atoms with Crippen LogP contribution >= 0.6 is 0 Å². The number of fused-ring (bicyclic) bond motifs is 1. The van der Waals surface area contributed by atoms with E-state index in [0.29, 0.717) is 51.0 Å². The third-order valence-corrected chi connectivity index (χ3v) is 7.76. The Morgan fingerprint density at radius 1 is 0.872 bits per heavy atom. The molecule has 0 spiro atoms. The normalized spacial score (nSPS) is 13.9. The molecule has 1 saturated carbocycles. The van der Waals surface area contributed by atoms with Gasteiger partial charge in [0.1, 0.15) is 22.9 Å². The highest BCUT2D eigenvalue weighted by Gasteiger charge is 2.45. The average molecular weight is 519 g/mol. The Morgan fingerprint density at radius 3 is 2.28 bits per heavy atom. The van der Waals surface area contributed by atoms with E-state index in [4.69, 9.17) is 4.42 Å². The maximum absolute atomic E-state index is 13.5. The molecular formula is C34H27FO4. The second kappa shape index (κ2) is 9.66. The van der Waals surface area contributed by atoms with Crippen molar-refractivity contribution < 1.29 is 23.5 Å². The van der Waals surface area contributed by atoms with Crippen molar-refractivity contribution in [3.05, 3.63) is 114 Å². The maximum Gasteiger partial charge on any atom is 0.167 e. The molecule has 4 nitrogen and oxygen atoms in total. The van der Waals surface area contributed by atoms with E-state index in [9.17, 15) is 19.1 Å². The number of carbonyl (C=O) groups is 2. The molecule has 0 radical (unpaired) electrons. The molecule has 5 heteroatoms. The van der Waals surface area contributed by atoms with Gasteiger partial charge >= 0.3 is 0 Å². The van der Waals surface area contributed by atoms with Gasteiger partial charge in [-0.05, 0) is 78.6 Å². The van der Waals surface area contributed by atoms with Crippen LogP contribution in [0.25, 0.3) is 33.4 Å². The summed E-state index contributed by atoms with van der Waals surface area (Å²) in [6.07, 6.45) is 2.65. The Morgan fingerprint density at radius 2 is 1.59 bits per heavy atom. The van der Waals surface area contributed by atoms with Crippen LogP contribution in [0, 0.1) is 5.82 Å². The number of phenolic OH excluding ortho intramolecular Hbond substituents is 1. The summed E-state index contributed by atoms with van der Waals surface area (Å²) in [6, 6.07) is 26.3. The molecule has 194 valence electrons. The standard InChI is InChI=1S/C34H27FO4/c1-2-28(36)32-27-18-22(11-15-31(27)39-33(32)21-8-12-25(35)13-9-21)26-19-23(10-14-29(26)37)30(38)20-34(16-17-34)24-6-4-3-5-7-24/h3-15,18-19,37H,2,16-17,20H2,1H3. The highest BCUT2D eigenvalue weighted by molar-refractivity contribution is 6.13. The van der Waals surface area contributed by atoms with Crippen LogP contribution in [0.4, 0.5) is 4.39 Å². The van der Waals surface area contributed by atoms with Gasteiger partial charge in [0.25, 0.3) is 0 Å². The molecule has 39 heavy (non-hydrogen) atoms. The smallest absolute Gasteiger partial charge is 0.167 e. The highest BCUT2D eigenvalue weighted by Crippen LogP contribution is 2.51. The van der Waals surface area contributed by atoms with Crippen LogP contribution in [0.5, 0.6) is 5.75 Å². The van der Waals surface area contributed by atoms with Crippen LogP contribution in [-0.2, 0) is 5.41 Å². The van der Waals surface area contributed by atoms with Gasteiger partial charge in [0, 0.05) is 40.3 Å². The molecule has 1 aliphatic carbocycles. The quantitative estimate of drug-likeness (QED) is 0.209. The Balaban J connectivity index is 1.39. The topological polar surface area (TPSA) is 67.5 Å². The van der Waals surface area contributed by atoms with Crippen molar-refractivity contribution in [3.63, 3.8) is 0 Å². The summed E-state index contributed by atoms with van der Waals surface area (Å²) in [5.74, 6) is -0.0169. The number of furan rings is 1. The zero-order valence-corrected chi connectivity index (χ0v) is 21.5. The molecule has 6 rings (SSSR count). The molecule has 5 aromatic rings. The van der Waals surface area contributed by atoms with Gasteiger partial charge in [-0.3, -0.25) is 9.59 Å². The molecule has 0 aliphatic heterocycles. The van der Waals surface area contributed by atoms with E-state index in [1.54, 1.807) is 49.4 Å². The molecule has 1 heterocycles. The summed E-state index contributed by atoms with van der Waals surface area (Å²) < 4.78 is 19.6. The SMILES string of the molecule is CCC(=O)c1c(-c2ccc(F)cc2)oc2ccc(-c3cc(C(=O)CC4(c5ccccc5)CC4)ccc3O)cc12. The van der Waals surface area contributed by atoms with E-state index < -0.39 is 0 Å². The lowest BCUT2D eigenvalue weighted by atomic mass is 9.88. The lowest BCUT2D eigenvalue weighted by Crippen LogP contribution is -2.13. The Labute approximate surface area is 225 Å². The van der Waals surface area contributed by atoms with Gasteiger partial charge in [-0.15, -0.1) is 0 Å². The fourth-order valence-corrected chi connectivity index (χ4v) is 5.38. The van der Waals surface area contributed by atoms with Crippen LogP contribution in [-0.4, -0.2) is 16.7 Å². The molecule has 1 N–H and O–H groups in total. The fourth-order valence-electron chi connectivity index (χ4n) is 5.38. The number of benzene rings is 4. The molecule has 0 amide bonds. The van der Waals surface area contributed by atoms with Crippen molar-refractivity contribution >= 4 is 22.5 Å². The van der Waals surface area contributed by atoms with Crippen molar-refractivity contribution in [2.24, 2.45) is 0 Å². The van der Waals surface area contributed by atoms with Crippen molar-refractivity contribution in [2.75, 3.05) is 0 Å². The third-order valence-electron chi connectivity index (χ3n) is 7.76. The van der Waals surface area contributed by atoms with Gasteiger partial charge in [-0.2, -0.15) is 0 Å². The Kier molecular flexibility index (Phi) is 6.15. The summed E-state index contributed by atoms with van der Waals surface area (Å²) in [4.78, 5) is 26.4. The summed E-state index contributed by atoms with van der Waals surface area (Å²) in [7, 11) is 0. The molecule has 1 fully saturated rings. The van der Waals surface area contributed by atoms with Crippen LogP contribution in [0.2, 0.25) is 0 Å². The number of carbonyl (C=O) groups excluding carboxylic acids is 2. The first-order chi connectivity index (χ1) is 18.9. The number of Topliss-reactive ketones (excluding diaryl/α,β-unsaturated/α-hetero) is 2. The summed E-state index contributed by atoms with van der Waals surface area (Å²) in [5.41, 5.74) is 4.32. The third kappa shape index (κ3) is 4.54. The van der Waals surface area contributed by atoms with Crippen molar-refractivity contribution in [1.82, 2.24) is 0 Å². The maximum atomic E-state index is 13.5. The molecule has 0 bridgehead atoms. The molecule has 0 atom stereocenters. The van der Waals surface area contributed by atoms with Gasteiger partial charge in [0.05, 0.1) is 5.56 Å². The van der Waals surface area contributed by atoms with Gasteiger partial charge in [-0.25, -0.2) is 4.39 Å². The first-order valence-electron chi connectivity index (χ1n) is 13.2. The minimum Gasteiger partial charge on any atom is -0.507 e. The minimum atomic E-state index is -0.373. The molecule has 0 unspecified atom stereocenters. The zero-order valence-electron chi connectivity index (χ0n) is 21.5. The monoisotopic (exact) mass is 518 g/mol. The van der Waals surface area contributed by atoms with Crippen LogP contribution in [0.15, 0.2) is 95.4 Å². The molecule has 0 saturated heterocycles. The van der Waals surface area contributed by atoms with E-state index in [2.05, 4.69) is 12.1 Å². The van der Waals surface area contributed by atoms with Crippen LogP contribution < -0.4 is 0 Å². The lowest BCUT2D eigenvalue weighted by Gasteiger charge is -2.15. The Hall–Kier alpha value is -4.51. The molecular weight excluding hydrogens is 491 g/mol. The lowest BCUT2D eigenvalue weighted by molar-refractivity contribution is 0.0967. The van der Waals surface area contributed by atoms with E-state index in [0.717, 1.165) is 12.8 Å². The molecule has 1 aromatic heterocycles. The number of ketones is 2. The number of hydrogen-bond acceptors (Lipinski definition) is 4. The number of phenols is 1. The second-order valence-electron chi connectivity index (χ2n) is 10.3. The number of rotatable bonds is 8. The van der Waals surface area contributed by atoms with Gasteiger partial charge in [0.15, 0.2) is 11.6 Å². The predicted molar refractivity (Wildman–Crippen MR) is 150 cm³/mol. The number of halogens is 1. The fraction of sp³-hybridized carbons (Fsp3) is 0.176. The average Bonchev–Trinajstić information content (AvgIpc) is 3.65. The van der Waals surface area contributed by atoms with E-state index in [1.807, 2.05) is 24.3 Å². The Bertz CT molecular complexity index is 1710. The molecule has 4 aromatic carbocycles. The predicted octanol–water partition coefficient (Wildman–Crippen LogP) is 8.51. The minimum absolute atomic E-state index is 0.0300. The van der Waals surface area contributed by atoms with E-state index in [-0.39, 0.29) is 35.0 Å². The first-order valence-corrected chi connectivity index (χ1v) is 13.2. The van der Waals surface area contributed by atoms with Crippen LogP contribution in [0.1, 0.15) is 58.9 Å². The first kappa shape index (κ1) is 24.8. The summed E-state index contributed by atoms with van der Waals surface area (Å²) in [5, 5.41) is 11.4. The van der Waals surface area contributed by atoms with Gasteiger partial charge in [-0.1, -0.05) is 43.3 Å². The highest BCUT2D eigenvalue weighted by atomic mass is 19.1. The van der Waals surface area contributed by atoms with Crippen molar-refractivity contribution in [1.29, 1.82) is 0 Å². The van der Waals surface area contributed by atoms with Gasteiger partial charge < -0.3 is 9.52 Å². The summed E-state index contributed by atoms with van der Waals surface area (Å²) >= 11 is 0. The van der Waals surface area contributed by atoms with Crippen molar-refractivity contribution in [3.8, 4) is 28.2 Å². The molecule has 1 aliphatic rings. The second-order valence-corrected chi connectivity index (χ2v) is 10.3. The van der Waals surface area contributed by atoms with Gasteiger partial charge in [0.2, 0.25) is 0 Å². The van der Waals surface area contributed by atoms with Crippen molar-refractivity contribution in [2.45, 2.75) is 38.0 Å². The zero-order chi connectivity index (χ0) is 27.1. The summed E-state index contributed by atoms with van der Waals surface area (Å²) in [6.45, 7) is 1.78. The number of hydrogen-bond donors (Lipinski definition) is 1. The van der Waals surface area contributed by atoms with E-state index >= 15 is 0 Å². The largest absolute Gasteiger partial charge is 0.507 e.